The third-order valence-corrected chi connectivity index (χ3v) is 6.66. The Morgan fingerprint density at radius 1 is 0.583 bits per heavy atom. The van der Waals surface area contributed by atoms with Crippen molar-refractivity contribution in [3.63, 3.8) is 0 Å². The quantitative estimate of drug-likeness (QED) is 0.199. The molecule has 0 heterocycles. The highest BCUT2D eigenvalue weighted by atomic mass is 14.5. The van der Waals surface area contributed by atoms with Crippen LogP contribution in [0.1, 0.15) is 5.56 Å². The van der Waals surface area contributed by atoms with Crippen molar-refractivity contribution in [2.45, 2.75) is 6.92 Å². The van der Waals surface area contributed by atoms with Crippen molar-refractivity contribution in [1.29, 1.82) is 5.41 Å². The number of rotatable bonds is 3. The first-order valence-corrected chi connectivity index (χ1v) is 12.1. The number of fused-ring (bicyclic) bond motifs is 3. The largest absolute Gasteiger partial charge is 0.405 e. The Labute approximate surface area is 211 Å². The van der Waals surface area contributed by atoms with E-state index in [-0.39, 0.29) is 0 Å². The highest BCUT2D eigenvalue weighted by molar-refractivity contribution is 6.16. The third-order valence-electron chi connectivity index (χ3n) is 6.66. The molecule has 0 amide bonds. The molecule has 2 heteroatoms. The van der Waals surface area contributed by atoms with Gasteiger partial charge in [-0.25, -0.2) is 0 Å². The van der Waals surface area contributed by atoms with Gasteiger partial charge in [-0.15, -0.1) is 0 Å². The zero-order valence-corrected chi connectivity index (χ0v) is 20.3. The second-order valence-corrected chi connectivity index (χ2v) is 8.75. The Balaban J connectivity index is 0.000000489. The molecule has 0 spiro atoms. The second kappa shape index (κ2) is 10.3. The van der Waals surface area contributed by atoms with Crippen LogP contribution >= 0.6 is 0 Å². The fraction of sp³-hybridized carbons (Fsp3) is 0.0294. The summed E-state index contributed by atoms with van der Waals surface area (Å²) in [4.78, 5) is 0. The van der Waals surface area contributed by atoms with Gasteiger partial charge in [0.25, 0.3) is 0 Å². The molecule has 0 unspecified atom stereocenters. The van der Waals surface area contributed by atoms with E-state index in [1.165, 1.54) is 72.4 Å². The van der Waals surface area contributed by atoms with Gasteiger partial charge in [0.2, 0.25) is 0 Å². The Bertz CT molecular complexity index is 1710. The predicted octanol–water partition coefficient (Wildman–Crippen LogP) is 8.90. The predicted molar refractivity (Wildman–Crippen MR) is 157 cm³/mol. The standard InChI is InChI=1S/C31H22.C3H6N2/c1-21-25-14-7-8-16-29(25)31(23-11-3-2-4-12-23)30-20-24(18-19-26(21)30)28-17-9-13-22-10-5-6-15-27(22)28;4-2-1-3-5/h2-20H,1H3;1-4H,5H2/b;3-1-,4-2?. The van der Waals surface area contributed by atoms with Crippen LogP contribution in [0.15, 0.2) is 128 Å². The van der Waals surface area contributed by atoms with E-state index in [4.69, 9.17) is 11.1 Å². The average molecular weight is 465 g/mol. The molecule has 36 heavy (non-hydrogen) atoms. The molecule has 0 radical (unpaired) electrons. The molecule has 174 valence electrons. The maximum absolute atomic E-state index is 6.31. The van der Waals surface area contributed by atoms with Gasteiger partial charge in [-0.2, -0.15) is 0 Å². The van der Waals surface area contributed by atoms with Crippen molar-refractivity contribution in [1.82, 2.24) is 0 Å². The summed E-state index contributed by atoms with van der Waals surface area (Å²) >= 11 is 0. The Hall–Kier alpha value is -4.69. The lowest BCUT2D eigenvalue weighted by molar-refractivity contribution is 1.56. The monoisotopic (exact) mass is 464 g/mol. The molecule has 0 aliphatic heterocycles. The van der Waals surface area contributed by atoms with E-state index in [1.54, 1.807) is 0 Å². The summed E-state index contributed by atoms with van der Waals surface area (Å²) in [6.45, 7) is 2.25. The van der Waals surface area contributed by atoms with Crippen molar-refractivity contribution in [3.8, 4) is 22.3 Å². The summed E-state index contributed by atoms with van der Waals surface area (Å²) in [6, 6.07) is 41.8. The van der Waals surface area contributed by atoms with Gasteiger partial charge < -0.3 is 11.1 Å². The lowest BCUT2D eigenvalue weighted by Crippen LogP contribution is -1.90. The van der Waals surface area contributed by atoms with Crippen LogP contribution in [-0.2, 0) is 0 Å². The summed E-state index contributed by atoms with van der Waals surface area (Å²) in [7, 11) is 0. The molecule has 0 fully saturated rings. The van der Waals surface area contributed by atoms with Gasteiger partial charge in [-0.05, 0) is 85.4 Å². The van der Waals surface area contributed by atoms with Crippen molar-refractivity contribution < 1.29 is 0 Å². The van der Waals surface area contributed by atoms with Gasteiger partial charge in [0.05, 0.1) is 0 Å². The lowest BCUT2D eigenvalue weighted by Gasteiger charge is -2.17. The van der Waals surface area contributed by atoms with Crippen LogP contribution in [0.2, 0.25) is 0 Å². The zero-order chi connectivity index (χ0) is 24.9. The number of benzene rings is 6. The number of aryl methyl sites for hydroxylation is 1. The van der Waals surface area contributed by atoms with Crippen molar-refractivity contribution >= 4 is 38.5 Å². The molecule has 0 bridgehead atoms. The first-order valence-electron chi connectivity index (χ1n) is 12.1. The van der Waals surface area contributed by atoms with Gasteiger partial charge in [0.15, 0.2) is 0 Å². The van der Waals surface area contributed by atoms with Crippen LogP contribution < -0.4 is 5.73 Å². The van der Waals surface area contributed by atoms with E-state index in [0.717, 1.165) is 6.21 Å². The number of allylic oxidation sites excluding steroid dienone is 1. The van der Waals surface area contributed by atoms with E-state index in [0.29, 0.717) is 0 Å². The number of nitrogens with one attached hydrogen (secondary N) is 1. The van der Waals surface area contributed by atoms with Gasteiger partial charge in [-0.3, -0.25) is 0 Å². The average Bonchev–Trinajstić information content (AvgIpc) is 2.94. The van der Waals surface area contributed by atoms with Crippen molar-refractivity contribution in [3.05, 3.63) is 133 Å². The van der Waals surface area contributed by atoms with Crippen LogP contribution in [0.3, 0.4) is 0 Å². The minimum absolute atomic E-state index is 1.12. The lowest BCUT2D eigenvalue weighted by atomic mass is 9.87. The minimum atomic E-state index is 1.12. The normalized spacial score (nSPS) is 11.0. The van der Waals surface area contributed by atoms with Crippen LogP contribution in [0, 0.1) is 12.3 Å². The number of hydrogen-bond acceptors (Lipinski definition) is 2. The topological polar surface area (TPSA) is 49.9 Å². The van der Waals surface area contributed by atoms with Crippen molar-refractivity contribution in [2.75, 3.05) is 0 Å². The molecule has 6 rings (SSSR count). The minimum Gasteiger partial charge on any atom is -0.405 e. The van der Waals surface area contributed by atoms with E-state index < -0.39 is 0 Å². The molecule has 0 aliphatic rings. The third kappa shape index (κ3) is 4.25. The first-order chi connectivity index (χ1) is 17.7. The first kappa shape index (κ1) is 23.1. The molecule has 0 saturated heterocycles. The summed E-state index contributed by atoms with van der Waals surface area (Å²) in [5.41, 5.74) is 11.3. The van der Waals surface area contributed by atoms with Crippen molar-refractivity contribution in [2.24, 2.45) is 5.73 Å². The molecule has 6 aromatic carbocycles. The van der Waals surface area contributed by atoms with Gasteiger partial charge in [0.1, 0.15) is 0 Å². The SMILES string of the molecule is Cc1c2ccccc2c(-c2ccccc2)c2cc(-c3cccc4ccccc34)ccc12.N=C/C=C\N. The molecule has 0 saturated carbocycles. The molecule has 6 aromatic rings. The Kier molecular flexibility index (Phi) is 6.59. The van der Waals surface area contributed by atoms with Crippen LogP contribution in [0.5, 0.6) is 0 Å². The summed E-state index contributed by atoms with van der Waals surface area (Å²) < 4.78 is 0. The second-order valence-electron chi connectivity index (χ2n) is 8.75. The molecule has 3 N–H and O–H groups in total. The van der Waals surface area contributed by atoms with E-state index in [9.17, 15) is 0 Å². The highest BCUT2D eigenvalue weighted by Crippen LogP contribution is 2.41. The molecule has 2 nitrogen and oxygen atoms in total. The molecule has 0 aliphatic carbocycles. The highest BCUT2D eigenvalue weighted by Gasteiger charge is 2.14. The van der Waals surface area contributed by atoms with E-state index in [1.807, 2.05) is 0 Å². The molecular weight excluding hydrogens is 436 g/mol. The van der Waals surface area contributed by atoms with E-state index in [2.05, 4.69) is 122 Å². The van der Waals surface area contributed by atoms with Gasteiger partial charge >= 0.3 is 0 Å². The maximum Gasteiger partial charge on any atom is 0.0192 e. The summed E-state index contributed by atoms with van der Waals surface area (Å²) in [5, 5.41) is 14.2. The van der Waals surface area contributed by atoms with E-state index >= 15 is 0 Å². The molecular formula is C34H28N2. The summed E-state index contributed by atoms with van der Waals surface area (Å²) in [6.07, 6.45) is 3.88. The number of nitrogens with two attached hydrogens (primary N) is 1. The Morgan fingerprint density at radius 2 is 1.22 bits per heavy atom. The summed E-state index contributed by atoms with van der Waals surface area (Å²) in [5.74, 6) is 0. The fourth-order valence-electron chi connectivity index (χ4n) is 5.01. The van der Waals surface area contributed by atoms with Crippen LogP contribution in [0.4, 0.5) is 0 Å². The molecule has 0 atom stereocenters. The van der Waals surface area contributed by atoms with Crippen LogP contribution in [0.25, 0.3) is 54.6 Å². The molecule has 0 aromatic heterocycles. The number of hydrogen-bond donors (Lipinski definition) is 2. The Morgan fingerprint density at radius 3 is 1.94 bits per heavy atom. The zero-order valence-electron chi connectivity index (χ0n) is 20.3. The fourth-order valence-corrected chi connectivity index (χ4v) is 5.01. The van der Waals surface area contributed by atoms with Gasteiger partial charge in [-0.1, -0.05) is 109 Å². The van der Waals surface area contributed by atoms with Crippen LogP contribution in [-0.4, -0.2) is 6.21 Å². The van der Waals surface area contributed by atoms with Gasteiger partial charge in [0, 0.05) is 6.21 Å². The maximum atomic E-state index is 6.31. The smallest absolute Gasteiger partial charge is 0.0192 e.